The van der Waals surface area contributed by atoms with Crippen LogP contribution in [0.4, 0.5) is 0 Å². The van der Waals surface area contributed by atoms with Crippen LogP contribution in [0.5, 0.6) is 0 Å². The number of rotatable bonds is 2. The molecule has 0 amide bonds. The van der Waals surface area contributed by atoms with Gasteiger partial charge in [-0.25, -0.2) is 0 Å². The molecule has 0 aliphatic heterocycles. The maximum absolute atomic E-state index is 11.3. The average molecular weight is 204 g/mol. The van der Waals surface area contributed by atoms with Crippen molar-refractivity contribution in [1.82, 2.24) is 0 Å². The van der Waals surface area contributed by atoms with E-state index in [1.807, 2.05) is 0 Å². The zero-order chi connectivity index (χ0) is 11.0. The summed E-state index contributed by atoms with van der Waals surface area (Å²) in [6, 6.07) is 6.53. The molecular formula is C11H8O4. The molecule has 2 rings (SSSR count). The van der Waals surface area contributed by atoms with Crippen LogP contribution in [0.15, 0.2) is 30.0 Å². The summed E-state index contributed by atoms with van der Waals surface area (Å²) in [6.07, 6.45) is 0.149. The maximum Gasteiger partial charge on any atom is 0.210 e. The van der Waals surface area contributed by atoms with Gasteiger partial charge in [0.2, 0.25) is 5.78 Å². The third kappa shape index (κ3) is 1.22. The molecular weight excluding hydrogens is 196 g/mol. The fraction of sp³-hybridized carbons (Fsp3) is 0.0909. The van der Waals surface area contributed by atoms with E-state index < -0.39 is 17.5 Å². The van der Waals surface area contributed by atoms with Crippen molar-refractivity contribution >= 4 is 17.8 Å². The van der Waals surface area contributed by atoms with Gasteiger partial charge in [0.15, 0.2) is 12.0 Å². The van der Waals surface area contributed by atoms with Crippen LogP contribution in [0.25, 0.3) is 5.76 Å². The molecule has 1 unspecified atom stereocenters. The van der Waals surface area contributed by atoms with Gasteiger partial charge < -0.3 is 10.2 Å². The number of hydrogen-bond acceptors (Lipinski definition) is 4. The van der Waals surface area contributed by atoms with Gasteiger partial charge in [0.05, 0.1) is 0 Å². The Kier molecular flexibility index (Phi) is 2.04. The van der Waals surface area contributed by atoms with Crippen molar-refractivity contribution in [2.75, 3.05) is 0 Å². The van der Waals surface area contributed by atoms with E-state index >= 15 is 0 Å². The summed E-state index contributed by atoms with van der Waals surface area (Å²) in [5.41, 5.74) is 0.861. The second-order valence-electron chi connectivity index (χ2n) is 3.27. The zero-order valence-electron chi connectivity index (χ0n) is 7.68. The summed E-state index contributed by atoms with van der Waals surface area (Å²) in [4.78, 5) is 21.6. The van der Waals surface area contributed by atoms with E-state index in [0.717, 1.165) is 0 Å². The highest BCUT2D eigenvalue weighted by molar-refractivity contribution is 6.29. The van der Waals surface area contributed by atoms with Crippen molar-refractivity contribution in [2.24, 2.45) is 0 Å². The number of hydrogen-bond donors (Lipinski definition) is 2. The van der Waals surface area contributed by atoms with Crippen LogP contribution in [-0.4, -0.2) is 22.3 Å². The quantitative estimate of drug-likeness (QED) is 0.563. The molecule has 1 atom stereocenters. The van der Waals surface area contributed by atoms with Crippen LogP contribution in [0.1, 0.15) is 17.0 Å². The van der Waals surface area contributed by atoms with E-state index in [1.165, 1.54) is 0 Å². The van der Waals surface area contributed by atoms with Crippen LogP contribution in [-0.2, 0) is 9.59 Å². The molecule has 0 aromatic heterocycles. The third-order valence-electron chi connectivity index (χ3n) is 2.44. The number of ketones is 1. The number of Topliss-reactive ketones (excluding diaryl/α,β-unsaturated/α-hetero) is 1. The van der Waals surface area contributed by atoms with Gasteiger partial charge in [-0.3, -0.25) is 9.59 Å². The number of aldehydes is 1. The molecule has 0 heterocycles. The molecule has 2 N–H and O–H groups in total. The number of fused-ring (bicyclic) bond motifs is 1. The molecule has 0 radical (unpaired) electrons. The lowest BCUT2D eigenvalue weighted by molar-refractivity contribution is -0.130. The molecule has 0 spiro atoms. The first-order valence-corrected chi connectivity index (χ1v) is 4.37. The Morgan fingerprint density at radius 3 is 2.60 bits per heavy atom. The van der Waals surface area contributed by atoms with E-state index in [9.17, 15) is 19.8 Å². The number of benzene rings is 1. The molecule has 0 saturated carbocycles. The smallest absolute Gasteiger partial charge is 0.210 e. The average Bonchev–Trinajstić information content (AvgIpc) is 2.52. The van der Waals surface area contributed by atoms with Crippen molar-refractivity contribution in [3.63, 3.8) is 0 Å². The van der Waals surface area contributed by atoms with Gasteiger partial charge in [-0.2, -0.15) is 0 Å². The normalized spacial score (nSPS) is 18.8. The van der Waals surface area contributed by atoms with Gasteiger partial charge in [0, 0.05) is 5.56 Å². The maximum atomic E-state index is 11.3. The lowest BCUT2D eigenvalue weighted by atomic mass is 9.96. The standard InChI is InChI=1S/C11H8O4/c12-5-8(13)9-6-3-1-2-4-7(6)10(14)11(9)15/h1-5,9,14-15H. The summed E-state index contributed by atoms with van der Waals surface area (Å²) >= 11 is 0. The molecule has 1 aliphatic rings. The van der Waals surface area contributed by atoms with Gasteiger partial charge in [0.1, 0.15) is 11.7 Å². The minimum Gasteiger partial charge on any atom is -0.507 e. The van der Waals surface area contributed by atoms with Gasteiger partial charge >= 0.3 is 0 Å². The lowest BCUT2D eigenvalue weighted by Crippen LogP contribution is -2.13. The second-order valence-corrected chi connectivity index (χ2v) is 3.27. The minimum absolute atomic E-state index is 0.149. The Balaban J connectivity index is 2.61. The predicted molar refractivity (Wildman–Crippen MR) is 52.4 cm³/mol. The van der Waals surface area contributed by atoms with E-state index in [-0.39, 0.29) is 12.0 Å². The van der Waals surface area contributed by atoms with Crippen molar-refractivity contribution in [2.45, 2.75) is 5.92 Å². The van der Waals surface area contributed by atoms with Crippen molar-refractivity contribution in [1.29, 1.82) is 0 Å². The second kappa shape index (κ2) is 3.24. The summed E-state index contributed by atoms with van der Waals surface area (Å²) in [7, 11) is 0. The van der Waals surface area contributed by atoms with E-state index in [2.05, 4.69) is 0 Å². The molecule has 76 valence electrons. The first-order valence-electron chi connectivity index (χ1n) is 4.37. The predicted octanol–water partition coefficient (Wildman–Crippen LogP) is 1.34. The molecule has 1 aromatic rings. The number of aliphatic hydroxyl groups excluding tert-OH is 2. The lowest BCUT2D eigenvalue weighted by Gasteiger charge is -2.06. The van der Waals surface area contributed by atoms with Gasteiger partial charge in [-0.05, 0) is 5.56 Å². The van der Waals surface area contributed by atoms with Gasteiger partial charge in [0.25, 0.3) is 0 Å². The topological polar surface area (TPSA) is 74.6 Å². The van der Waals surface area contributed by atoms with Gasteiger partial charge in [-0.15, -0.1) is 0 Å². The molecule has 1 aromatic carbocycles. The van der Waals surface area contributed by atoms with E-state index in [4.69, 9.17) is 0 Å². The van der Waals surface area contributed by atoms with Crippen LogP contribution < -0.4 is 0 Å². The van der Waals surface area contributed by atoms with E-state index in [0.29, 0.717) is 11.1 Å². The number of aliphatic hydroxyl groups is 2. The summed E-state index contributed by atoms with van der Waals surface area (Å²) in [6.45, 7) is 0. The highest BCUT2D eigenvalue weighted by atomic mass is 16.3. The molecule has 0 saturated heterocycles. The fourth-order valence-corrected chi connectivity index (χ4v) is 1.74. The Morgan fingerprint density at radius 2 is 1.93 bits per heavy atom. The summed E-state index contributed by atoms with van der Waals surface area (Å²) in [5.74, 6) is -2.58. The Bertz CT molecular complexity index is 473. The largest absolute Gasteiger partial charge is 0.507 e. The number of carbonyl (C=O) groups excluding carboxylic acids is 2. The number of carbonyl (C=O) groups is 2. The fourth-order valence-electron chi connectivity index (χ4n) is 1.74. The Morgan fingerprint density at radius 1 is 1.27 bits per heavy atom. The molecule has 0 bridgehead atoms. The van der Waals surface area contributed by atoms with E-state index in [1.54, 1.807) is 24.3 Å². The van der Waals surface area contributed by atoms with Crippen LogP contribution in [0.3, 0.4) is 0 Å². The van der Waals surface area contributed by atoms with Crippen molar-refractivity contribution in [3.05, 3.63) is 41.2 Å². The molecule has 4 heteroatoms. The zero-order valence-corrected chi connectivity index (χ0v) is 7.68. The van der Waals surface area contributed by atoms with Crippen molar-refractivity contribution < 1.29 is 19.8 Å². The first-order chi connectivity index (χ1) is 7.16. The molecule has 15 heavy (non-hydrogen) atoms. The summed E-state index contributed by atoms with van der Waals surface area (Å²) in [5, 5.41) is 19.1. The monoisotopic (exact) mass is 204 g/mol. The van der Waals surface area contributed by atoms with Gasteiger partial charge in [-0.1, -0.05) is 24.3 Å². The molecule has 0 fully saturated rings. The SMILES string of the molecule is O=CC(=O)C1C(O)=C(O)c2ccccc21. The van der Waals surface area contributed by atoms with Crippen molar-refractivity contribution in [3.8, 4) is 0 Å². The highest BCUT2D eigenvalue weighted by Crippen LogP contribution is 2.39. The van der Waals surface area contributed by atoms with Crippen LogP contribution in [0.2, 0.25) is 0 Å². The Labute approximate surface area is 85.5 Å². The Hall–Kier alpha value is -2.10. The molecule has 4 nitrogen and oxygen atoms in total. The summed E-state index contributed by atoms with van der Waals surface area (Å²) < 4.78 is 0. The highest BCUT2D eigenvalue weighted by Gasteiger charge is 2.35. The third-order valence-corrected chi connectivity index (χ3v) is 2.44. The van der Waals surface area contributed by atoms with Crippen LogP contribution in [0, 0.1) is 0 Å². The minimum atomic E-state index is -1.04. The van der Waals surface area contributed by atoms with Crippen LogP contribution >= 0.6 is 0 Å². The number of allylic oxidation sites excluding steroid dienone is 1. The first kappa shape index (κ1) is 9.45. The molecule has 1 aliphatic carbocycles.